The van der Waals surface area contributed by atoms with Crippen molar-refractivity contribution in [3.8, 4) is 33.4 Å². The predicted octanol–water partition coefficient (Wildman–Crippen LogP) is 14.0. The summed E-state index contributed by atoms with van der Waals surface area (Å²) in [6, 6.07) is 60.6. The molecular formula is C47H30S. The molecule has 9 aromatic carbocycles. The van der Waals surface area contributed by atoms with Gasteiger partial charge in [-0.2, -0.15) is 0 Å². The minimum atomic E-state index is 1.25. The standard InChI is InChI=1S/C47H30S/c1-29-33-15-5-7-17-36(33)46(37-18-8-6-16-34(29)37)31-24-26-43-42(27-31)35-25-23-32(28-44(35)48-43)47-40-21-11-9-19-38(40)45(30-13-3-2-4-14-30)39-20-10-12-22-41(39)47/h2-28H,1H3. The van der Waals surface area contributed by atoms with Crippen molar-refractivity contribution in [3.05, 3.63) is 169 Å². The largest absolute Gasteiger partial charge is 0.135 e. The second kappa shape index (κ2) is 10.6. The van der Waals surface area contributed by atoms with Crippen LogP contribution in [0.5, 0.6) is 0 Å². The third-order valence-electron chi connectivity index (χ3n) is 10.2. The highest BCUT2D eigenvalue weighted by Gasteiger charge is 2.18. The van der Waals surface area contributed by atoms with Gasteiger partial charge < -0.3 is 0 Å². The van der Waals surface area contributed by atoms with Gasteiger partial charge in [-0.1, -0.05) is 146 Å². The second-order valence-corrected chi connectivity index (χ2v) is 13.9. The van der Waals surface area contributed by atoms with Gasteiger partial charge in [0.25, 0.3) is 0 Å². The number of hydrogen-bond donors (Lipinski definition) is 0. The minimum absolute atomic E-state index is 1.25. The van der Waals surface area contributed by atoms with E-state index in [0.717, 1.165) is 0 Å². The summed E-state index contributed by atoms with van der Waals surface area (Å²) in [6.07, 6.45) is 0. The number of hydrogen-bond acceptors (Lipinski definition) is 1. The number of fused-ring (bicyclic) bond motifs is 7. The van der Waals surface area contributed by atoms with Gasteiger partial charge in [0, 0.05) is 20.2 Å². The summed E-state index contributed by atoms with van der Waals surface area (Å²) in [7, 11) is 0. The van der Waals surface area contributed by atoms with Crippen LogP contribution in [0.25, 0.3) is 96.6 Å². The van der Waals surface area contributed by atoms with E-state index in [1.807, 2.05) is 11.3 Å². The van der Waals surface area contributed by atoms with Gasteiger partial charge in [-0.15, -0.1) is 11.3 Å². The number of rotatable bonds is 3. The van der Waals surface area contributed by atoms with Crippen molar-refractivity contribution >= 4 is 74.6 Å². The fourth-order valence-corrected chi connectivity index (χ4v) is 9.23. The number of aryl methyl sites for hydroxylation is 1. The van der Waals surface area contributed by atoms with Crippen LogP contribution in [0.4, 0.5) is 0 Å². The molecule has 0 saturated carbocycles. The zero-order valence-electron chi connectivity index (χ0n) is 26.5. The Kier molecular flexibility index (Phi) is 6.06. The maximum Gasteiger partial charge on any atom is 0.0361 e. The summed E-state index contributed by atoms with van der Waals surface area (Å²) in [5.41, 5.74) is 9.05. The summed E-state index contributed by atoms with van der Waals surface area (Å²) in [5.74, 6) is 0. The van der Waals surface area contributed by atoms with Crippen LogP contribution < -0.4 is 0 Å². The van der Waals surface area contributed by atoms with E-state index in [2.05, 4.69) is 171 Å². The number of thiophene rings is 1. The monoisotopic (exact) mass is 626 g/mol. The molecule has 0 N–H and O–H groups in total. The fourth-order valence-electron chi connectivity index (χ4n) is 8.10. The van der Waals surface area contributed by atoms with E-state index in [-0.39, 0.29) is 0 Å². The van der Waals surface area contributed by atoms with Gasteiger partial charge in [-0.25, -0.2) is 0 Å². The zero-order valence-corrected chi connectivity index (χ0v) is 27.3. The van der Waals surface area contributed by atoms with Crippen molar-refractivity contribution in [3.63, 3.8) is 0 Å². The van der Waals surface area contributed by atoms with Gasteiger partial charge in [-0.05, 0) is 107 Å². The highest BCUT2D eigenvalue weighted by atomic mass is 32.1. The third kappa shape index (κ3) is 4.01. The van der Waals surface area contributed by atoms with E-state index < -0.39 is 0 Å². The van der Waals surface area contributed by atoms with E-state index >= 15 is 0 Å². The van der Waals surface area contributed by atoms with Crippen molar-refractivity contribution in [1.82, 2.24) is 0 Å². The quantitative estimate of drug-likeness (QED) is 0.171. The highest BCUT2D eigenvalue weighted by Crippen LogP contribution is 2.46. The van der Waals surface area contributed by atoms with Crippen LogP contribution in [0.3, 0.4) is 0 Å². The molecule has 10 rings (SSSR count). The molecule has 0 spiro atoms. The van der Waals surface area contributed by atoms with Gasteiger partial charge in [0.05, 0.1) is 0 Å². The smallest absolute Gasteiger partial charge is 0.0361 e. The third-order valence-corrected chi connectivity index (χ3v) is 11.4. The molecule has 0 saturated heterocycles. The molecule has 224 valence electrons. The average molecular weight is 627 g/mol. The van der Waals surface area contributed by atoms with Crippen LogP contribution in [-0.2, 0) is 0 Å². The summed E-state index contributed by atoms with van der Waals surface area (Å²) in [6.45, 7) is 2.25. The Labute approximate surface area is 283 Å². The Morgan fingerprint density at radius 2 is 0.708 bits per heavy atom. The van der Waals surface area contributed by atoms with E-state index in [9.17, 15) is 0 Å². The molecule has 0 fully saturated rings. The summed E-state index contributed by atoms with van der Waals surface area (Å²) in [5, 5.41) is 13.1. The molecule has 48 heavy (non-hydrogen) atoms. The first-order chi connectivity index (χ1) is 23.7. The van der Waals surface area contributed by atoms with Crippen molar-refractivity contribution in [1.29, 1.82) is 0 Å². The van der Waals surface area contributed by atoms with Gasteiger partial charge in [-0.3, -0.25) is 0 Å². The highest BCUT2D eigenvalue weighted by molar-refractivity contribution is 7.25. The van der Waals surface area contributed by atoms with Crippen LogP contribution in [0.2, 0.25) is 0 Å². The topological polar surface area (TPSA) is 0 Å². The molecule has 0 radical (unpaired) electrons. The lowest BCUT2D eigenvalue weighted by atomic mass is 9.86. The Hall–Kier alpha value is -5.76. The van der Waals surface area contributed by atoms with Crippen LogP contribution in [-0.4, -0.2) is 0 Å². The molecule has 0 aliphatic rings. The minimum Gasteiger partial charge on any atom is -0.135 e. The number of benzene rings is 9. The summed E-state index contributed by atoms with van der Waals surface area (Å²) < 4.78 is 2.64. The van der Waals surface area contributed by atoms with Crippen LogP contribution in [0.1, 0.15) is 5.56 Å². The lowest BCUT2D eigenvalue weighted by Crippen LogP contribution is -1.90. The normalized spacial score (nSPS) is 11.9. The molecule has 0 nitrogen and oxygen atoms in total. The molecule has 1 aromatic heterocycles. The first-order valence-corrected chi connectivity index (χ1v) is 17.4. The maximum absolute atomic E-state index is 2.43. The molecule has 0 amide bonds. The Bertz CT molecular complexity index is 2780. The van der Waals surface area contributed by atoms with Gasteiger partial charge >= 0.3 is 0 Å². The van der Waals surface area contributed by atoms with E-state index in [0.29, 0.717) is 0 Å². The lowest BCUT2D eigenvalue weighted by molar-refractivity contribution is 1.58. The molecular weight excluding hydrogens is 597 g/mol. The van der Waals surface area contributed by atoms with Crippen molar-refractivity contribution in [2.45, 2.75) is 6.92 Å². The van der Waals surface area contributed by atoms with Gasteiger partial charge in [0.15, 0.2) is 0 Å². The van der Waals surface area contributed by atoms with E-state index in [1.165, 1.54) is 102 Å². The Morgan fingerprint density at radius 3 is 1.25 bits per heavy atom. The van der Waals surface area contributed by atoms with Crippen molar-refractivity contribution in [2.24, 2.45) is 0 Å². The molecule has 0 aliphatic carbocycles. The Balaban J connectivity index is 1.20. The first-order valence-electron chi connectivity index (χ1n) is 16.6. The Morgan fingerprint density at radius 1 is 0.292 bits per heavy atom. The van der Waals surface area contributed by atoms with Gasteiger partial charge in [0.1, 0.15) is 0 Å². The lowest BCUT2D eigenvalue weighted by Gasteiger charge is -2.17. The molecule has 1 heterocycles. The van der Waals surface area contributed by atoms with Crippen molar-refractivity contribution < 1.29 is 0 Å². The van der Waals surface area contributed by atoms with Crippen LogP contribution in [0, 0.1) is 6.92 Å². The maximum atomic E-state index is 2.43. The SMILES string of the molecule is Cc1c2ccccc2c(-c2ccc3sc4cc(-c5c6ccccc6c(-c6ccccc6)c6ccccc56)ccc4c3c2)c2ccccc12. The van der Waals surface area contributed by atoms with Crippen LogP contribution >= 0.6 is 11.3 Å². The summed E-state index contributed by atoms with van der Waals surface area (Å²) in [4.78, 5) is 0. The van der Waals surface area contributed by atoms with Crippen molar-refractivity contribution in [2.75, 3.05) is 0 Å². The molecule has 10 aromatic rings. The molecule has 0 aliphatic heterocycles. The molecule has 0 unspecified atom stereocenters. The molecule has 0 bridgehead atoms. The zero-order chi connectivity index (χ0) is 31.8. The predicted molar refractivity (Wildman–Crippen MR) is 210 cm³/mol. The fraction of sp³-hybridized carbons (Fsp3) is 0.0213. The van der Waals surface area contributed by atoms with E-state index in [4.69, 9.17) is 0 Å². The average Bonchev–Trinajstić information content (AvgIpc) is 3.51. The van der Waals surface area contributed by atoms with Crippen LogP contribution in [0.15, 0.2) is 164 Å². The van der Waals surface area contributed by atoms with E-state index in [1.54, 1.807) is 0 Å². The molecule has 1 heteroatoms. The first kappa shape index (κ1) is 27.4. The van der Waals surface area contributed by atoms with Gasteiger partial charge in [0.2, 0.25) is 0 Å². The summed E-state index contributed by atoms with van der Waals surface area (Å²) >= 11 is 1.89. The second-order valence-electron chi connectivity index (χ2n) is 12.8. The molecule has 0 atom stereocenters.